The van der Waals surface area contributed by atoms with Crippen molar-refractivity contribution in [3.63, 3.8) is 0 Å². The van der Waals surface area contributed by atoms with Crippen LogP contribution in [0.2, 0.25) is 0 Å². The molecule has 0 aliphatic heterocycles. The number of carbonyl (C=O) groups excluding carboxylic acids is 1. The third-order valence-electron chi connectivity index (χ3n) is 2.64. The van der Waals surface area contributed by atoms with Crippen LogP contribution in [0.15, 0.2) is 36.4 Å². The van der Waals surface area contributed by atoms with Crippen LogP contribution in [0, 0.1) is 6.92 Å². The largest absolute Gasteiger partial charge is 0.338 e. The van der Waals surface area contributed by atoms with Crippen LogP contribution in [0.4, 0.5) is 9.80 Å². The number of aromatic nitrogens is 1. The first-order chi connectivity index (χ1) is 9.24. The molecule has 0 atom stereocenters. The maximum absolute atomic E-state index is 11.6. The first kappa shape index (κ1) is 13.5. The molecule has 0 aliphatic rings. The Morgan fingerprint density at radius 1 is 1.32 bits per heavy atom. The van der Waals surface area contributed by atoms with Crippen molar-refractivity contribution >= 4 is 22.6 Å². The molecule has 2 amide bonds. The summed E-state index contributed by atoms with van der Waals surface area (Å²) in [5.41, 5.74) is 2.21. The Bertz CT molecular complexity index is 524. The lowest BCUT2D eigenvalue weighted by atomic mass is 10.1. The second kappa shape index (κ2) is 6.89. The van der Waals surface area contributed by atoms with E-state index in [2.05, 4.69) is 27.1 Å². The molecule has 0 radical (unpaired) electrons. The van der Waals surface area contributed by atoms with E-state index >= 15 is 0 Å². The average molecular weight is 275 g/mol. The normalized spacial score (nSPS) is 10.2. The Morgan fingerprint density at radius 3 is 2.79 bits per heavy atom. The van der Waals surface area contributed by atoms with Gasteiger partial charge in [-0.3, -0.25) is 5.32 Å². The first-order valence-corrected chi connectivity index (χ1v) is 7.03. The van der Waals surface area contributed by atoms with E-state index in [1.54, 1.807) is 0 Å². The van der Waals surface area contributed by atoms with Gasteiger partial charge in [-0.05, 0) is 42.9 Å². The van der Waals surface area contributed by atoms with E-state index in [1.807, 2.05) is 31.2 Å². The van der Waals surface area contributed by atoms with E-state index in [0.717, 1.165) is 23.5 Å². The monoisotopic (exact) mass is 275 g/mol. The van der Waals surface area contributed by atoms with Crippen molar-refractivity contribution < 1.29 is 4.79 Å². The molecule has 0 bridgehead atoms. The number of carbonyl (C=O) groups is 1. The SMILES string of the molecule is Cc1cc(NC(=O)NCCCc2ccccc2)sn1. The summed E-state index contributed by atoms with van der Waals surface area (Å²) in [4.78, 5) is 11.6. The maximum Gasteiger partial charge on any atom is 0.319 e. The summed E-state index contributed by atoms with van der Waals surface area (Å²) in [6.07, 6.45) is 1.90. The minimum Gasteiger partial charge on any atom is -0.338 e. The zero-order valence-electron chi connectivity index (χ0n) is 10.8. The van der Waals surface area contributed by atoms with Crippen molar-refractivity contribution in [3.8, 4) is 0 Å². The maximum atomic E-state index is 11.6. The molecule has 0 fully saturated rings. The van der Waals surface area contributed by atoms with Gasteiger partial charge in [-0.2, -0.15) is 4.37 Å². The summed E-state index contributed by atoms with van der Waals surface area (Å²) in [6, 6.07) is 11.9. The summed E-state index contributed by atoms with van der Waals surface area (Å²) < 4.78 is 4.10. The zero-order valence-corrected chi connectivity index (χ0v) is 11.7. The van der Waals surface area contributed by atoms with Crippen molar-refractivity contribution in [2.45, 2.75) is 19.8 Å². The summed E-state index contributed by atoms with van der Waals surface area (Å²) >= 11 is 1.29. The number of amides is 2. The fourth-order valence-corrected chi connectivity index (χ4v) is 2.37. The topological polar surface area (TPSA) is 54.0 Å². The number of rotatable bonds is 5. The van der Waals surface area contributed by atoms with Crippen molar-refractivity contribution in [2.75, 3.05) is 11.9 Å². The summed E-state index contributed by atoms with van der Waals surface area (Å²) in [6.45, 7) is 2.57. The van der Waals surface area contributed by atoms with Crippen molar-refractivity contribution in [2.24, 2.45) is 0 Å². The predicted molar refractivity (Wildman–Crippen MR) is 78.6 cm³/mol. The van der Waals surface area contributed by atoms with Gasteiger partial charge in [0.1, 0.15) is 5.00 Å². The third-order valence-corrected chi connectivity index (χ3v) is 3.43. The van der Waals surface area contributed by atoms with E-state index in [0.29, 0.717) is 6.54 Å². The fourth-order valence-electron chi connectivity index (χ4n) is 1.72. The molecule has 0 saturated heterocycles. The van der Waals surface area contributed by atoms with Gasteiger partial charge in [-0.1, -0.05) is 30.3 Å². The molecule has 2 rings (SSSR count). The second-order valence-electron chi connectivity index (χ2n) is 4.30. The van der Waals surface area contributed by atoms with E-state index in [1.165, 1.54) is 17.1 Å². The van der Waals surface area contributed by atoms with Crippen LogP contribution < -0.4 is 10.6 Å². The third kappa shape index (κ3) is 4.71. The van der Waals surface area contributed by atoms with Gasteiger partial charge >= 0.3 is 6.03 Å². The number of benzene rings is 1. The lowest BCUT2D eigenvalue weighted by Gasteiger charge is -2.05. The molecular formula is C14H17N3OS. The molecule has 5 heteroatoms. The number of nitrogens with one attached hydrogen (secondary N) is 2. The van der Waals surface area contributed by atoms with E-state index in [4.69, 9.17) is 0 Å². The number of urea groups is 1. The Balaban J connectivity index is 1.64. The molecule has 1 heterocycles. The molecule has 19 heavy (non-hydrogen) atoms. The molecular weight excluding hydrogens is 258 g/mol. The molecule has 0 spiro atoms. The van der Waals surface area contributed by atoms with Gasteiger partial charge in [-0.25, -0.2) is 4.79 Å². The summed E-state index contributed by atoms with van der Waals surface area (Å²) in [7, 11) is 0. The zero-order chi connectivity index (χ0) is 13.5. The molecule has 2 aromatic rings. The van der Waals surface area contributed by atoms with Gasteiger partial charge in [0.15, 0.2) is 0 Å². The van der Waals surface area contributed by atoms with E-state index in [9.17, 15) is 4.79 Å². The van der Waals surface area contributed by atoms with E-state index < -0.39 is 0 Å². The average Bonchev–Trinajstić information content (AvgIpc) is 2.81. The van der Waals surface area contributed by atoms with Gasteiger partial charge in [0.25, 0.3) is 0 Å². The molecule has 100 valence electrons. The van der Waals surface area contributed by atoms with Crippen LogP contribution in [0.3, 0.4) is 0 Å². The summed E-state index contributed by atoms with van der Waals surface area (Å²) in [5.74, 6) is 0. The standard InChI is InChI=1S/C14H17N3OS/c1-11-10-13(19-17-11)16-14(18)15-9-5-8-12-6-3-2-4-7-12/h2-4,6-7,10H,5,8-9H2,1H3,(H2,15,16,18). The Morgan fingerprint density at radius 2 is 2.11 bits per heavy atom. The minimum absolute atomic E-state index is 0.170. The van der Waals surface area contributed by atoms with Crippen molar-refractivity contribution in [3.05, 3.63) is 47.7 Å². The van der Waals surface area contributed by atoms with Crippen LogP contribution in [0.5, 0.6) is 0 Å². The molecule has 4 nitrogen and oxygen atoms in total. The van der Waals surface area contributed by atoms with Gasteiger partial charge in [0.05, 0.1) is 5.69 Å². The highest BCUT2D eigenvalue weighted by atomic mass is 32.1. The highest BCUT2D eigenvalue weighted by Crippen LogP contribution is 2.14. The molecule has 0 unspecified atom stereocenters. The predicted octanol–water partition coefficient (Wildman–Crippen LogP) is 3.21. The van der Waals surface area contributed by atoms with Gasteiger partial charge in [-0.15, -0.1) is 0 Å². The van der Waals surface area contributed by atoms with Gasteiger partial charge in [0, 0.05) is 6.54 Å². The van der Waals surface area contributed by atoms with Crippen LogP contribution in [0.25, 0.3) is 0 Å². The fraction of sp³-hybridized carbons (Fsp3) is 0.286. The molecule has 0 aliphatic carbocycles. The number of aryl methyl sites for hydroxylation is 2. The van der Waals surface area contributed by atoms with E-state index in [-0.39, 0.29) is 6.03 Å². The lowest BCUT2D eigenvalue weighted by Crippen LogP contribution is -2.29. The van der Waals surface area contributed by atoms with Crippen LogP contribution >= 0.6 is 11.5 Å². The number of nitrogens with zero attached hydrogens (tertiary/aromatic N) is 1. The molecule has 1 aromatic carbocycles. The number of hydrogen-bond acceptors (Lipinski definition) is 3. The van der Waals surface area contributed by atoms with Gasteiger partial charge < -0.3 is 5.32 Å². The number of anilines is 1. The Hall–Kier alpha value is -1.88. The highest BCUT2D eigenvalue weighted by Gasteiger charge is 2.03. The summed E-state index contributed by atoms with van der Waals surface area (Å²) in [5, 5.41) is 6.38. The lowest BCUT2D eigenvalue weighted by molar-refractivity contribution is 0.252. The minimum atomic E-state index is -0.170. The Labute approximate surface area is 117 Å². The van der Waals surface area contributed by atoms with Gasteiger partial charge in [0.2, 0.25) is 0 Å². The van der Waals surface area contributed by atoms with Crippen molar-refractivity contribution in [1.82, 2.24) is 9.69 Å². The Kier molecular flexibility index (Phi) is 4.92. The van der Waals surface area contributed by atoms with Crippen LogP contribution in [-0.2, 0) is 6.42 Å². The van der Waals surface area contributed by atoms with Crippen LogP contribution in [-0.4, -0.2) is 16.9 Å². The molecule has 1 aromatic heterocycles. The highest BCUT2D eigenvalue weighted by molar-refractivity contribution is 7.10. The van der Waals surface area contributed by atoms with Crippen molar-refractivity contribution in [1.29, 1.82) is 0 Å². The smallest absolute Gasteiger partial charge is 0.319 e. The molecule has 2 N–H and O–H groups in total. The molecule has 0 saturated carbocycles. The van der Waals surface area contributed by atoms with Crippen LogP contribution in [0.1, 0.15) is 17.7 Å². The quantitative estimate of drug-likeness (QED) is 0.823. The first-order valence-electron chi connectivity index (χ1n) is 6.26. The number of hydrogen-bond donors (Lipinski definition) is 2. The second-order valence-corrected chi connectivity index (χ2v) is 5.11.